The zero-order valence-electron chi connectivity index (χ0n) is 12.2. The van der Waals surface area contributed by atoms with Crippen LogP contribution in [-0.2, 0) is 0 Å². The number of nitrogens with zero attached hydrogens (tertiary/aromatic N) is 1. The van der Waals surface area contributed by atoms with Crippen LogP contribution in [0.2, 0.25) is 0 Å². The van der Waals surface area contributed by atoms with Crippen LogP contribution in [0.15, 0.2) is 0 Å². The molecule has 0 aliphatic heterocycles. The van der Waals surface area contributed by atoms with E-state index in [0.29, 0.717) is 17.2 Å². The highest BCUT2D eigenvalue weighted by atomic mass is 32.2. The molecule has 0 saturated heterocycles. The van der Waals surface area contributed by atoms with Crippen LogP contribution in [0.1, 0.15) is 42.3 Å². The summed E-state index contributed by atoms with van der Waals surface area (Å²) in [6.07, 6.45) is 6.47. The van der Waals surface area contributed by atoms with E-state index < -0.39 is 0 Å². The first-order valence-corrected chi connectivity index (χ1v) is 9.17. The third-order valence-corrected chi connectivity index (χ3v) is 4.42. The first-order valence-electron chi connectivity index (χ1n) is 6.96. The van der Waals surface area contributed by atoms with Crippen molar-refractivity contribution in [2.75, 3.05) is 36.1 Å². The first-order chi connectivity index (χ1) is 9.69. The van der Waals surface area contributed by atoms with E-state index in [9.17, 15) is 4.79 Å². The SMILES string of the molecule is CCCNc1nc(N)c(C(=O)NCCCCCSC)s1. The van der Waals surface area contributed by atoms with Crippen molar-refractivity contribution in [3.63, 3.8) is 0 Å². The van der Waals surface area contributed by atoms with Gasteiger partial charge < -0.3 is 16.4 Å². The second kappa shape index (κ2) is 9.88. The van der Waals surface area contributed by atoms with Crippen molar-refractivity contribution in [2.45, 2.75) is 32.6 Å². The number of rotatable bonds is 10. The second-order valence-corrected chi connectivity index (χ2v) is 6.45. The summed E-state index contributed by atoms with van der Waals surface area (Å²) in [5.74, 6) is 1.38. The minimum absolute atomic E-state index is 0.116. The first kappa shape index (κ1) is 17.1. The minimum Gasteiger partial charge on any atom is -0.382 e. The number of amides is 1. The van der Waals surface area contributed by atoms with Crippen molar-refractivity contribution in [3.8, 4) is 0 Å². The summed E-state index contributed by atoms with van der Waals surface area (Å²) in [6, 6.07) is 0. The van der Waals surface area contributed by atoms with Crippen molar-refractivity contribution >= 4 is 40.0 Å². The molecule has 0 atom stereocenters. The molecule has 0 saturated carbocycles. The number of carbonyl (C=O) groups excluding carboxylic acids is 1. The van der Waals surface area contributed by atoms with Crippen molar-refractivity contribution in [2.24, 2.45) is 0 Å². The van der Waals surface area contributed by atoms with Gasteiger partial charge in [0.25, 0.3) is 5.91 Å². The van der Waals surface area contributed by atoms with Crippen LogP contribution in [0.3, 0.4) is 0 Å². The highest BCUT2D eigenvalue weighted by Gasteiger charge is 2.15. The maximum Gasteiger partial charge on any atom is 0.265 e. The van der Waals surface area contributed by atoms with E-state index in [-0.39, 0.29) is 5.91 Å². The Morgan fingerprint density at radius 2 is 2.15 bits per heavy atom. The van der Waals surface area contributed by atoms with Crippen LogP contribution in [0.4, 0.5) is 10.9 Å². The topological polar surface area (TPSA) is 80.0 Å². The molecule has 0 spiro atoms. The van der Waals surface area contributed by atoms with E-state index in [2.05, 4.69) is 28.8 Å². The third-order valence-electron chi connectivity index (χ3n) is 2.70. The molecule has 0 aliphatic rings. The molecule has 1 heterocycles. The average molecular weight is 316 g/mol. The van der Waals surface area contributed by atoms with Gasteiger partial charge in [-0.05, 0) is 31.3 Å². The molecule has 0 aromatic carbocycles. The van der Waals surface area contributed by atoms with Gasteiger partial charge >= 0.3 is 0 Å². The van der Waals surface area contributed by atoms with Crippen LogP contribution >= 0.6 is 23.1 Å². The Bertz CT molecular complexity index is 409. The molecule has 114 valence electrons. The largest absolute Gasteiger partial charge is 0.382 e. The van der Waals surface area contributed by atoms with Gasteiger partial charge in [0, 0.05) is 13.1 Å². The van der Waals surface area contributed by atoms with Crippen molar-refractivity contribution in [3.05, 3.63) is 4.88 Å². The number of anilines is 2. The molecule has 4 N–H and O–H groups in total. The summed E-state index contributed by atoms with van der Waals surface area (Å²) < 4.78 is 0. The van der Waals surface area contributed by atoms with E-state index in [1.165, 1.54) is 23.5 Å². The number of nitrogens with two attached hydrogens (primary N) is 1. The van der Waals surface area contributed by atoms with Crippen LogP contribution in [-0.4, -0.2) is 36.0 Å². The molecule has 0 unspecified atom stereocenters. The fraction of sp³-hybridized carbons (Fsp3) is 0.692. The Hall–Kier alpha value is -0.950. The van der Waals surface area contributed by atoms with Gasteiger partial charge in [0.15, 0.2) is 5.13 Å². The Kier molecular flexibility index (Phi) is 8.45. The van der Waals surface area contributed by atoms with Gasteiger partial charge in [0.05, 0.1) is 0 Å². The molecule has 0 aliphatic carbocycles. The highest BCUT2D eigenvalue weighted by Crippen LogP contribution is 2.24. The Morgan fingerprint density at radius 3 is 2.85 bits per heavy atom. The van der Waals surface area contributed by atoms with E-state index >= 15 is 0 Å². The summed E-state index contributed by atoms with van der Waals surface area (Å²) in [6.45, 7) is 3.61. The lowest BCUT2D eigenvalue weighted by Gasteiger charge is -2.03. The van der Waals surface area contributed by atoms with Gasteiger partial charge in [0.2, 0.25) is 0 Å². The molecule has 20 heavy (non-hydrogen) atoms. The molecular weight excluding hydrogens is 292 g/mol. The molecule has 0 radical (unpaired) electrons. The Labute approximate surface area is 129 Å². The molecule has 1 aromatic rings. The lowest BCUT2D eigenvalue weighted by Crippen LogP contribution is -2.24. The zero-order chi connectivity index (χ0) is 14.8. The summed E-state index contributed by atoms with van der Waals surface area (Å²) in [5, 5.41) is 6.77. The van der Waals surface area contributed by atoms with Crippen molar-refractivity contribution in [1.82, 2.24) is 10.3 Å². The van der Waals surface area contributed by atoms with Gasteiger partial charge in [0.1, 0.15) is 10.7 Å². The summed E-state index contributed by atoms with van der Waals surface area (Å²) >= 11 is 3.17. The van der Waals surface area contributed by atoms with Crippen LogP contribution < -0.4 is 16.4 Å². The van der Waals surface area contributed by atoms with Gasteiger partial charge in [-0.15, -0.1) is 0 Å². The Morgan fingerprint density at radius 1 is 1.35 bits per heavy atom. The molecule has 1 rings (SSSR count). The number of hydrogen-bond donors (Lipinski definition) is 3. The predicted molar refractivity (Wildman–Crippen MR) is 89.9 cm³/mol. The normalized spacial score (nSPS) is 10.5. The standard InChI is InChI=1S/C13H24N4OS2/c1-3-7-16-13-17-11(14)10(20-13)12(18)15-8-5-4-6-9-19-2/h3-9,14H2,1-2H3,(H,15,18)(H,16,17). The molecular formula is C13H24N4OS2. The number of carbonyl (C=O) groups is 1. The third kappa shape index (κ3) is 6.00. The smallest absolute Gasteiger partial charge is 0.265 e. The molecule has 7 heteroatoms. The number of thiazole rings is 1. The van der Waals surface area contributed by atoms with Crippen LogP contribution in [0.5, 0.6) is 0 Å². The van der Waals surface area contributed by atoms with E-state index in [1.54, 1.807) is 0 Å². The summed E-state index contributed by atoms with van der Waals surface area (Å²) in [7, 11) is 0. The number of aromatic nitrogens is 1. The number of nitrogens with one attached hydrogen (secondary N) is 2. The van der Waals surface area contributed by atoms with Gasteiger partial charge in [-0.3, -0.25) is 4.79 Å². The van der Waals surface area contributed by atoms with E-state index in [1.807, 2.05) is 11.8 Å². The van der Waals surface area contributed by atoms with Crippen LogP contribution in [0.25, 0.3) is 0 Å². The lowest BCUT2D eigenvalue weighted by molar-refractivity contribution is 0.0957. The van der Waals surface area contributed by atoms with Crippen LogP contribution in [0, 0.1) is 0 Å². The predicted octanol–water partition coefficient (Wildman–Crippen LogP) is 2.81. The number of nitrogen functional groups attached to an aromatic ring is 1. The van der Waals surface area contributed by atoms with Gasteiger partial charge in [-0.1, -0.05) is 24.7 Å². The van der Waals surface area contributed by atoms with Gasteiger partial charge in [-0.2, -0.15) is 11.8 Å². The number of thioether (sulfide) groups is 1. The zero-order valence-corrected chi connectivity index (χ0v) is 13.8. The molecule has 5 nitrogen and oxygen atoms in total. The summed E-state index contributed by atoms with van der Waals surface area (Å²) in [5.41, 5.74) is 5.78. The second-order valence-electron chi connectivity index (χ2n) is 4.47. The molecule has 1 amide bonds. The fourth-order valence-electron chi connectivity index (χ4n) is 1.63. The number of hydrogen-bond acceptors (Lipinski definition) is 6. The van der Waals surface area contributed by atoms with E-state index in [4.69, 9.17) is 5.73 Å². The molecule has 1 aromatic heterocycles. The monoisotopic (exact) mass is 316 g/mol. The van der Waals surface area contributed by atoms with Crippen molar-refractivity contribution < 1.29 is 4.79 Å². The quantitative estimate of drug-likeness (QED) is 0.578. The Balaban J connectivity index is 2.33. The maximum absolute atomic E-state index is 12.0. The number of unbranched alkanes of at least 4 members (excludes halogenated alkanes) is 2. The highest BCUT2D eigenvalue weighted by molar-refractivity contribution is 7.98. The van der Waals surface area contributed by atoms with Gasteiger partial charge in [-0.25, -0.2) is 4.98 Å². The minimum atomic E-state index is -0.116. The molecule has 0 fully saturated rings. The van der Waals surface area contributed by atoms with E-state index in [0.717, 1.165) is 30.9 Å². The lowest BCUT2D eigenvalue weighted by atomic mass is 10.2. The average Bonchev–Trinajstić information content (AvgIpc) is 2.81. The molecule has 0 bridgehead atoms. The fourth-order valence-corrected chi connectivity index (χ4v) is 2.95. The van der Waals surface area contributed by atoms with Crippen molar-refractivity contribution in [1.29, 1.82) is 0 Å². The maximum atomic E-state index is 12.0. The summed E-state index contributed by atoms with van der Waals surface area (Å²) in [4.78, 5) is 16.7.